The number of nitrogens with zero attached hydrogens (tertiary/aromatic N) is 5. The van der Waals surface area contributed by atoms with Gasteiger partial charge < -0.3 is 82.4 Å². The minimum absolute atomic E-state index is 0.0928. The Balaban J connectivity index is 0.000000591. The largest absolute Gasteiger partial charge is 0.382 e. The van der Waals surface area contributed by atoms with Gasteiger partial charge in [-0.1, -0.05) is 0 Å². The average molecular weight is 1120 g/mol. The number of aromatic amines is 3. The molecule has 0 aliphatic rings. The van der Waals surface area contributed by atoms with Gasteiger partial charge in [0.25, 0.3) is 11.1 Å². The molecule has 78 heavy (non-hydrogen) atoms. The number of hydrogen-bond donors (Lipinski definition) is 7. The molecule has 4 rings (SSSR count). The van der Waals surface area contributed by atoms with E-state index in [1.807, 2.05) is 0 Å². The normalized spacial score (nSPS) is 10.7. The van der Waals surface area contributed by atoms with Crippen LogP contribution in [0.4, 0.5) is 21.5 Å². The zero-order valence-electron chi connectivity index (χ0n) is 45.6. The van der Waals surface area contributed by atoms with Crippen LogP contribution in [0.25, 0.3) is 0 Å². The van der Waals surface area contributed by atoms with Crippen LogP contribution in [0.3, 0.4) is 0 Å². The number of urea groups is 1. The van der Waals surface area contributed by atoms with Crippen molar-refractivity contribution in [3.05, 3.63) is 81.7 Å². The van der Waals surface area contributed by atoms with E-state index in [4.69, 9.17) is 72.0 Å². The Morgan fingerprint density at radius 3 is 1.19 bits per heavy atom. The zero-order chi connectivity index (χ0) is 56.6. The highest BCUT2D eigenvalue weighted by Crippen LogP contribution is 1.98. The van der Waals surface area contributed by atoms with Crippen LogP contribution < -0.4 is 32.8 Å². The van der Waals surface area contributed by atoms with Crippen molar-refractivity contribution in [2.24, 2.45) is 5.73 Å². The number of amides is 3. The molecular weight excluding hydrogens is 1030 g/mol. The lowest BCUT2D eigenvalue weighted by Gasteiger charge is -2.09. The summed E-state index contributed by atoms with van der Waals surface area (Å²) in [7, 11) is 3.28. The number of aryl methyl sites for hydroxylation is 2. The fourth-order valence-corrected chi connectivity index (χ4v) is 5.20. The summed E-state index contributed by atoms with van der Waals surface area (Å²) >= 11 is 0. The van der Waals surface area contributed by atoms with E-state index in [1.165, 1.54) is 35.4 Å². The lowest BCUT2D eigenvalue weighted by atomic mass is 10.4. The molecule has 0 radical (unpaired) electrons. The Morgan fingerprint density at radius 2 is 0.885 bits per heavy atom. The van der Waals surface area contributed by atoms with Gasteiger partial charge in [-0.2, -0.15) is 0 Å². The van der Waals surface area contributed by atoms with Crippen molar-refractivity contribution >= 4 is 24.0 Å². The van der Waals surface area contributed by atoms with Crippen LogP contribution in [-0.4, -0.2) is 251 Å². The third kappa shape index (κ3) is 46.4. The summed E-state index contributed by atoms with van der Waals surface area (Å²) in [6.45, 7) is 17.8. The summed E-state index contributed by atoms with van der Waals surface area (Å²) in [6, 6.07) is 1.76. The average Bonchev–Trinajstić information content (AvgIpc) is 4.20. The summed E-state index contributed by atoms with van der Waals surface area (Å²) in [5, 5.41) is 7.50. The third-order valence-electron chi connectivity index (χ3n) is 8.72. The van der Waals surface area contributed by atoms with Crippen molar-refractivity contribution in [2.45, 2.75) is 13.8 Å². The highest BCUT2D eigenvalue weighted by molar-refractivity contribution is 5.89. The molecule has 0 atom stereocenters. The second kappa shape index (κ2) is 53.3. The molecule has 0 aliphatic carbocycles. The number of aromatic nitrogens is 8. The first-order valence-electron chi connectivity index (χ1n) is 25.2. The highest BCUT2D eigenvalue weighted by atomic mass is 16.6. The third-order valence-corrected chi connectivity index (χ3v) is 8.72. The molecule has 0 saturated carbocycles. The number of ether oxygens (including phenoxy) is 14. The quantitative estimate of drug-likeness (QED) is 0.0295. The number of carbonyl (C=O) groups excluding carboxylic acids is 2. The lowest BCUT2D eigenvalue weighted by Crippen LogP contribution is -2.33. The first kappa shape index (κ1) is 70.3. The maximum Gasteiger partial charge on any atom is 0.333 e. The molecule has 0 unspecified atom stereocenters. The summed E-state index contributed by atoms with van der Waals surface area (Å²) in [4.78, 5) is 68.7. The summed E-state index contributed by atoms with van der Waals surface area (Å²) in [5.41, 5.74) is 5.69. The molecule has 30 heteroatoms. The monoisotopic (exact) mass is 1120 g/mol. The van der Waals surface area contributed by atoms with E-state index in [1.54, 1.807) is 46.8 Å². The fraction of sp³-hybridized carbons (Fsp3) is 0.667. The van der Waals surface area contributed by atoms with E-state index in [0.29, 0.717) is 196 Å². The molecule has 444 valence electrons. The van der Waals surface area contributed by atoms with Crippen LogP contribution in [0, 0.1) is 13.8 Å². The number of nitrogens with two attached hydrogens (primary N) is 1. The molecule has 4 heterocycles. The van der Waals surface area contributed by atoms with Gasteiger partial charge in [-0.3, -0.25) is 34.8 Å². The SMILES string of the molecule is COCCOCCOCCOCCOCCOCCOCCN.COCCOCCOCCOCCOCCOCCOCCNC(=O)Nc1nc(C)cc(=O)[nH]1.Cc1cc(=O)[nH]c(NC(=O)n2ccnc2)n1.c1c[nH]cn1. The van der Waals surface area contributed by atoms with Gasteiger partial charge in [0.05, 0.1) is 178 Å². The molecule has 8 N–H and O–H groups in total. The summed E-state index contributed by atoms with van der Waals surface area (Å²) < 4.78 is 75.0. The molecule has 3 amide bonds. The van der Waals surface area contributed by atoms with E-state index in [9.17, 15) is 19.2 Å². The van der Waals surface area contributed by atoms with Gasteiger partial charge in [0, 0.05) is 75.6 Å². The number of methoxy groups -OCH3 is 2. The van der Waals surface area contributed by atoms with Gasteiger partial charge in [0.2, 0.25) is 11.9 Å². The van der Waals surface area contributed by atoms with E-state index >= 15 is 0 Å². The smallest absolute Gasteiger partial charge is 0.333 e. The Labute approximate surface area is 454 Å². The lowest BCUT2D eigenvalue weighted by molar-refractivity contribution is -0.0189. The van der Waals surface area contributed by atoms with E-state index in [0.717, 1.165) is 0 Å². The Kier molecular flexibility index (Phi) is 48.1. The maximum atomic E-state index is 11.7. The van der Waals surface area contributed by atoms with Gasteiger partial charge in [-0.15, -0.1) is 0 Å². The molecular formula is C48H84N12O18. The second-order valence-corrected chi connectivity index (χ2v) is 15.1. The minimum atomic E-state index is -0.481. The number of anilines is 2. The molecule has 0 bridgehead atoms. The van der Waals surface area contributed by atoms with E-state index in [2.05, 4.69) is 50.8 Å². The predicted molar refractivity (Wildman–Crippen MR) is 284 cm³/mol. The van der Waals surface area contributed by atoms with Crippen molar-refractivity contribution in [3.8, 4) is 0 Å². The van der Waals surface area contributed by atoms with Crippen molar-refractivity contribution in [1.29, 1.82) is 0 Å². The molecule has 0 spiro atoms. The Hall–Kier alpha value is -5.68. The molecule has 30 nitrogen and oxygen atoms in total. The van der Waals surface area contributed by atoms with E-state index < -0.39 is 12.1 Å². The molecule has 4 aromatic rings. The summed E-state index contributed by atoms with van der Waals surface area (Å²) in [5.74, 6) is 0.207. The fourth-order valence-electron chi connectivity index (χ4n) is 5.20. The van der Waals surface area contributed by atoms with Gasteiger partial charge in [0.15, 0.2) is 0 Å². The van der Waals surface area contributed by atoms with Crippen molar-refractivity contribution in [1.82, 2.24) is 44.8 Å². The zero-order valence-corrected chi connectivity index (χ0v) is 45.6. The topological polar surface area (TPSA) is 363 Å². The molecule has 4 aromatic heterocycles. The first-order chi connectivity index (χ1) is 38.2. The van der Waals surface area contributed by atoms with Crippen molar-refractivity contribution < 1.29 is 75.9 Å². The molecule has 0 aromatic carbocycles. The van der Waals surface area contributed by atoms with Crippen molar-refractivity contribution in [2.75, 3.05) is 210 Å². The van der Waals surface area contributed by atoms with Crippen LogP contribution in [0.15, 0.2) is 59.2 Å². The second-order valence-electron chi connectivity index (χ2n) is 15.1. The van der Waals surface area contributed by atoms with Crippen LogP contribution in [0.2, 0.25) is 0 Å². The number of rotatable bonds is 43. The van der Waals surface area contributed by atoms with Crippen molar-refractivity contribution in [3.63, 3.8) is 0 Å². The van der Waals surface area contributed by atoms with Crippen LogP contribution in [-0.2, 0) is 66.3 Å². The van der Waals surface area contributed by atoms with E-state index in [-0.39, 0.29) is 23.0 Å². The van der Waals surface area contributed by atoms with Gasteiger partial charge >= 0.3 is 12.1 Å². The number of nitrogens with one attached hydrogen (secondary N) is 6. The highest BCUT2D eigenvalue weighted by Gasteiger charge is 2.07. The number of H-pyrrole nitrogens is 3. The number of hydrogen-bond acceptors (Lipinski definition) is 23. The van der Waals surface area contributed by atoms with Crippen LogP contribution in [0.1, 0.15) is 11.4 Å². The Morgan fingerprint density at radius 1 is 0.513 bits per heavy atom. The molecule has 0 fully saturated rings. The van der Waals surface area contributed by atoms with Gasteiger partial charge in [-0.25, -0.2) is 29.5 Å². The van der Waals surface area contributed by atoms with Gasteiger partial charge in [0.1, 0.15) is 6.33 Å². The number of imidazole rings is 2. The molecule has 0 saturated heterocycles. The van der Waals surface area contributed by atoms with Gasteiger partial charge in [-0.05, 0) is 13.8 Å². The minimum Gasteiger partial charge on any atom is -0.382 e. The standard InChI is InChI=1S/C21H38N4O9.C15H33NO7.C9H9N5O2.C3H4N2/c1-18-17-19(26)24-20(23-18)25-21(27)22-3-4-29-7-8-31-11-12-33-15-16-34-14-13-32-10-9-30-6-5-28-2;1-17-4-5-19-8-9-21-12-13-23-15-14-22-11-10-20-7-6-18-3-2-16;1-6-4-7(15)12-8(11-6)13-9(16)14-3-2-10-5-14;1-2-5-3-4-1/h17H,3-16H2,1-2H3,(H3,22,23,24,25,26,27);2-16H2,1H3;2-5H,1H3,(H2,11,12,13,15,16);1-3H,(H,4,5). The summed E-state index contributed by atoms with van der Waals surface area (Å²) in [6.07, 6.45) is 9.40. The van der Waals surface area contributed by atoms with Crippen LogP contribution in [0.5, 0.6) is 0 Å². The number of carbonyl (C=O) groups is 2. The maximum absolute atomic E-state index is 11.7. The Bertz CT molecular complexity index is 2020. The first-order valence-corrected chi connectivity index (χ1v) is 25.2. The molecule has 0 aliphatic heterocycles. The van der Waals surface area contributed by atoms with Crippen LogP contribution >= 0.6 is 0 Å². The predicted octanol–water partition coefficient (Wildman–Crippen LogP) is 0.402.